The maximum atomic E-state index is 11.4. The van der Waals surface area contributed by atoms with E-state index in [0.29, 0.717) is 6.54 Å². The van der Waals surface area contributed by atoms with Crippen LogP contribution in [0.25, 0.3) is 0 Å². The molecule has 17 heavy (non-hydrogen) atoms. The Hall–Kier alpha value is -1.00. The molecule has 92 valence electrons. The predicted molar refractivity (Wildman–Crippen MR) is 70.9 cm³/mol. The molecule has 1 fully saturated rings. The van der Waals surface area contributed by atoms with E-state index in [4.69, 9.17) is 5.73 Å². The van der Waals surface area contributed by atoms with E-state index in [9.17, 15) is 4.79 Å². The van der Waals surface area contributed by atoms with Crippen LogP contribution in [0.3, 0.4) is 0 Å². The fourth-order valence-electron chi connectivity index (χ4n) is 1.60. The maximum absolute atomic E-state index is 11.4. The monoisotopic (exact) mass is 250 g/mol. The molecule has 1 saturated carbocycles. The first-order valence-electron chi connectivity index (χ1n) is 5.89. The molecule has 0 heterocycles. The molecular weight excluding hydrogens is 232 g/mol. The Labute approximate surface area is 106 Å². The standard InChI is InChI=1S/C13H18N2OS/c1-10(14)12(16)15-9-13(7-8-13)17-11-5-3-2-4-6-11/h2-6,10H,7-9,14H2,1H3,(H,15,16)/t10-/m1/s1. The molecule has 0 radical (unpaired) electrons. The lowest BCUT2D eigenvalue weighted by Crippen LogP contribution is -2.41. The van der Waals surface area contributed by atoms with Gasteiger partial charge in [-0.15, -0.1) is 11.8 Å². The van der Waals surface area contributed by atoms with Gasteiger partial charge in [0.2, 0.25) is 5.91 Å². The molecule has 0 spiro atoms. The summed E-state index contributed by atoms with van der Waals surface area (Å²) >= 11 is 1.86. The Kier molecular flexibility index (Phi) is 3.74. The van der Waals surface area contributed by atoms with Gasteiger partial charge >= 0.3 is 0 Å². The molecule has 0 aliphatic heterocycles. The van der Waals surface area contributed by atoms with Gasteiger partial charge in [0.1, 0.15) is 0 Å². The molecule has 0 aromatic heterocycles. The minimum atomic E-state index is -0.424. The minimum Gasteiger partial charge on any atom is -0.353 e. The van der Waals surface area contributed by atoms with Crippen LogP contribution < -0.4 is 11.1 Å². The minimum absolute atomic E-state index is 0.0649. The molecule has 1 aliphatic carbocycles. The van der Waals surface area contributed by atoms with Gasteiger partial charge in [0.05, 0.1) is 6.04 Å². The number of nitrogens with one attached hydrogen (secondary N) is 1. The summed E-state index contributed by atoms with van der Waals surface area (Å²) in [5.74, 6) is -0.0649. The predicted octanol–water partition coefficient (Wildman–Crippen LogP) is 1.77. The van der Waals surface area contributed by atoms with E-state index in [1.165, 1.54) is 4.90 Å². The lowest BCUT2D eigenvalue weighted by molar-refractivity contribution is -0.121. The second-order valence-corrected chi connectivity index (χ2v) is 6.15. The third kappa shape index (κ3) is 3.48. The Morgan fingerprint density at radius 1 is 1.47 bits per heavy atom. The van der Waals surface area contributed by atoms with Gasteiger partial charge in [-0.2, -0.15) is 0 Å². The summed E-state index contributed by atoms with van der Waals surface area (Å²) in [7, 11) is 0. The molecule has 0 saturated heterocycles. The molecule has 1 aromatic carbocycles. The molecule has 2 rings (SSSR count). The van der Waals surface area contributed by atoms with E-state index < -0.39 is 6.04 Å². The number of benzene rings is 1. The highest BCUT2D eigenvalue weighted by Gasteiger charge is 2.43. The van der Waals surface area contributed by atoms with Crippen molar-refractivity contribution in [3.63, 3.8) is 0 Å². The lowest BCUT2D eigenvalue weighted by Gasteiger charge is -2.16. The van der Waals surface area contributed by atoms with E-state index in [1.54, 1.807) is 6.92 Å². The molecule has 1 aromatic rings. The third-order valence-corrected chi connectivity index (χ3v) is 4.38. The Morgan fingerprint density at radius 2 is 2.12 bits per heavy atom. The van der Waals surface area contributed by atoms with Gasteiger partial charge in [0.25, 0.3) is 0 Å². The number of thioether (sulfide) groups is 1. The fraction of sp³-hybridized carbons (Fsp3) is 0.462. The van der Waals surface area contributed by atoms with Crippen molar-refractivity contribution in [3.05, 3.63) is 30.3 Å². The SMILES string of the molecule is C[C@@H](N)C(=O)NCC1(Sc2ccccc2)CC1. The molecule has 0 bridgehead atoms. The van der Waals surface area contributed by atoms with Crippen molar-refractivity contribution >= 4 is 17.7 Å². The number of hydrogen-bond acceptors (Lipinski definition) is 3. The normalized spacial score (nSPS) is 18.5. The summed E-state index contributed by atoms with van der Waals surface area (Å²) in [6.07, 6.45) is 2.32. The highest BCUT2D eigenvalue weighted by molar-refractivity contribution is 8.01. The summed E-state index contributed by atoms with van der Waals surface area (Å²) in [6, 6.07) is 9.89. The zero-order valence-electron chi connectivity index (χ0n) is 9.98. The van der Waals surface area contributed by atoms with Gasteiger partial charge in [0.15, 0.2) is 0 Å². The smallest absolute Gasteiger partial charge is 0.236 e. The van der Waals surface area contributed by atoms with Gasteiger partial charge < -0.3 is 11.1 Å². The van der Waals surface area contributed by atoms with E-state index >= 15 is 0 Å². The summed E-state index contributed by atoms with van der Waals surface area (Å²) in [4.78, 5) is 12.7. The van der Waals surface area contributed by atoms with Crippen molar-refractivity contribution in [2.75, 3.05) is 6.54 Å². The van der Waals surface area contributed by atoms with Crippen LogP contribution in [0.2, 0.25) is 0 Å². The van der Waals surface area contributed by atoms with Gasteiger partial charge in [-0.05, 0) is 31.9 Å². The van der Waals surface area contributed by atoms with E-state index in [-0.39, 0.29) is 10.7 Å². The molecule has 4 heteroatoms. The average Bonchev–Trinajstić information content (AvgIpc) is 3.07. The van der Waals surface area contributed by atoms with Crippen LogP contribution in [-0.2, 0) is 4.79 Å². The van der Waals surface area contributed by atoms with E-state index in [2.05, 4.69) is 17.4 Å². The van der Waals surface area contributed by atoms with Gasteiger partial charge in [0, 0.05) is 16.2 Å². The van der Waals surface area contributed by atoms with Crippen molar-refractivity contribution in [1.82, 2.24) is 5.32 Å². The van der Waals surface area contributed by atoms with Crippen molar-refractivity contribution in [1.29, 1.82) is 0 Å². The van der Waals surface area contributed by atoms with Crippen LogP contribution in [0.1, 0.15) is 19.8 Å². The van der Waals surface area contributed by atoms with Crippen LogP contribution in [0.5, 0.6) is 0 Å². The number of nitrogens with two attached hydrogens (primary N) is 1. The number of hydrogen-bond donors (Lipinski definition) is 2. The molecular formula is C13H18N2OS. The Bertz CT molecular complexity index is 388. The van der Waals surface area contributed by atoms with Gasteiger partial charge in [-0.3, -0.25) is 4.79 Å². The summed E-state index contributed by atoms with van der Waals surface area (Å²) in [6.45, 7) is 2.42. The first-order valence-corrected chi connectivity index (χ1v) is 6.70. The number of carbonyl (C=O) groups is 1. The highest BCUT2D eigenvalue weighted by atomic mass is 32.2. The topological polar surface area (TPSA) is 55.1 Å². The molecule has 1 atom stereocenters. The molecule has 0 unspecified atom stereocenters. The van der Waals surface area contributed by atoms with Crippen LogP contribution in [0.15, 0.2) is 35.2 Å². The number of carbonyl (C=O) groups excluding carboxylic acids is 1. The average molecular weight is 250 g/mol. The number of amides is 1. The Balaban J connectivity index is 1.86. The van der Waals surface area contributed by atoms with Crippen molar-refractivity contribution in [2.24, 2.45) is 5.73 Å². The second kappa shape index (κ2) is 5.10. The van der Waals surface area contributed by atoms with Crippen LogP contribution in [-0.4, -0.2) is 23.2 Å². The van der Waals surface area contributed by atoms with Crippen LogP contribution in [0, 0.1) is 0 Å². The van der Waals surface area contributed by atoms with Gasteiger partial charge in [-0.25, -0.2) is 0 Å². The van der Waals surface area contributed by atoms with Crippen LogP contribution >= 0.6 is 11.8 Å². The van der Waals surface area contributed by atoms with Crippen molar-refractivity contribution in [3.8, 4) is 0 Å². The first-order chi connectivity index (χ1) is 8.11. The molecule has 1 aliphatic rings. The first kappa shape index (κ1) is 12.5. The molecule has 1 amide bonds. The largest absolute Gasteiger partial charge is 0.353 e. The summed E-state index contributed by atoms with van der Waals surface area (Å²) < 4.78 is 0.200. The zero-order valence-corrected chi connectivity index (χ0v) is 10.8. The van der Waals surface area contributed by atoms with Crippen molar-refractivity contribution in [2.45, 2.75) is 35.4 Å². The molecule has 3 N–H and O–H groups in total. The fourth-order valence-corrected chi connectivity index (χ4v) is 2.85. The van der Waals surface area contributed by atoms with E-state index in [0.717, 1.165) is 12.8 Å². The quantitative estimate of drug-likeness (QED) is 0.837. The lowest BCUT2D eigenvalue weighted by atomic mass is 10.3. The summed E-state index contributed by atoms with van der Waals surface area (Å²) in [5, 5.41) is 2.92. The van der Waals surface area contributed by atoms with Gasteiger partial charge in [-0.1, -0.05) is 18.2 Å². The Morgan fingerprint density at radius 3 is 2.65 bits per heavy atom. The third-order valence-electron chi connectivity index (χ3n) is 2.88. The highest BCUT2D eigenvalue weighted by Crippen LogP contribution is 2.51. The van der Waals surface area contributed by atoms with Crippen LogP contribution in [0.4, 0.5) is 0 Å². The van der Waals surface area contributed by atoms with Crippen molar-refractivity contribution < 1.29 is 4.79 Å². The summed E-state index contributed by atoms with van der Waals surface area (Å²) in [5.41, 5.74) is 5.52. The van der Waals surface area contributed by atoms with E-state index in [1.807, 2.05) is 30.0 Å². The second-order valence-electron chi connectivity index (χ2n) is 4.60. The zero-order chi connectivity index (χ0) is 12.3. The number of rotatable bonds is 5. The maximum Gasteiger partial charge on any atom is 0.236 e. The molecule has 3 nitrogen and oxygen atoms in total.